The number of nitrogens with zero attached hydrogens (tertiary/aromatic N) is 1. The van der Waals surface area contributed by atoms with E-state index in [1.165, 1.54) is 5.56 Å². The van der Waals surface area contributed by atoms with Crippen LogP contribution in [0.4, 0.5) is 0 Å². The number of hydrogen-bond acceptors (Lipinski definition) is 2. The van der Waals surface area contributed by atoms with Crippen molar-refractivity contribution in [2.75, 3.05) is 13.3 Å². The maximum Gasteiger partial charge on any atom is 0.168 e. The molecule has 1 aliphatic rings. The van der Waals surface area contributed by atoms with E-state index in [-0.39, 0.29) is 0 Å². The summed E-state index contributed by atoms with van der Waals surface area (Å²) in [6, 6.07) is 8.36. The molecule has 2 N–H and O–H groups in total. The Bertz CT molecular complexity index is 342. The van der Waals surface area contributed by atoms with Crippen LogP contribution in [0.3, 0.4) is 0 Å². The molecule has 0 bridgehead atoms. The molecule has 1 aromatic rings. The van der Waals surface area contributed by atoms with E-state index < -0.39 is 0 Å². The van der Waals surface area contributed by atoms with E-state index in [4.69, 9.17) is 12.2 Å². The van der Waals surface area contributed by atoms with Crippen molar-refractivity contribution >= 4 is 33.3 Å². The summed E-state index contributed by atoms with van der Waals surface area (Å²) in [6.45, 7) is 2.54. The molecule has 0 amide bonds. The summed E-state index contributed by atoms with van der Waals surface area (Å²) in [7, 11) is 0. The smallest absolute Gasteiger partial charge is 0.168 e. The van der Waals surface area contributed by atoms with Crippen molar-refractivity contribution < 1.29 is 0 Å². The van der Waals surface area contributed by atoms with Gasteiger partial charge in [-0.3, -0.25) is 4.90 Å². The number of nitrogens with one attached hydrogen (secondary N) is 2. The second kappa shape index (κ2) is 4.92. The van der Waals surface area contributed by atoms with E-state index >= 15 is 0 Å². The molecule has 0 unspecified atom stereocenters. The summed E-state index contributed by atoms with van der Waals surface area (Å²) >= 11 is 8.41. The van der Waals surface area contributed by atoms with E-state index in [0.717, 1.165) is 29.5 Å². The molecule has 0 saturated carbocycles. The third kappa shape index (κ3) is 3.15. The Morgan fingerprint density at radius 2 is 1.80 bits per heavy atom. The van der Waals surface area contributed by atoms with Gasteiger partial charge < -0.3 is 10.6 Å². The Labute approximate surface area is 103 Å². The second-order valence-electron chi connectivity index (χ2n) is 3.45. The zero-order valence-corrected chi connectivity index (χ0v) is 10.6. The molecule has 1 fully saturated rings. The molecule has 2 rings (SSSR count). The van der Waals surface area contributed by atoms with Gasteiger partial charge in [-0.15, -0.1) is 0 Å². The Balaban J connectivity index is 1.91. The first-order chi connectivity index (χ1) is 7.24. The van der Waals surface area contributed by atoms with Crippen LogP contribution in [0, 0.1) is 0 Å². The summed E-state index contributed by atoms with van der Waals surface area (Å²) in [5, 5.41) is 6.94. The lowest BCUT2D eigenvalue weighted by Gasteiger charge is -2.29. The summed E-state index contributed by atoms with van der Waals surface area (Å²) in [6.07, 6.45) is 0. The fraction of sp³-hybridized carbons (Fsp3) is 0.300. The highest BCUT2D eigenvalue weighted by molar-refractivity contribution is 9.10. The van der Waals surface area contributed by atoms with E-state index in [1.807, 2.05) is 0 Å². The lowest BCUT2D eigenvalue weighted by atomic mass is 10.2. The van der Waals surface area contributed by atoms with Crippen molar-refractivity contribution in [1.82, 2.24) is 15.5 Å². The Hall–Kier alpha value is -0.650. The van der Waals surface area contributed by atoms with Gasteiger partial charge in [0.15, 0.2) is 5.11 Å². The first-order valence-electron chi connectivity index (χ1n) is 4.72. The van der Waals surface area contributed by atoms with E-state index in [0.29, 0.717) is 0 Å². The summed E-state index contributed by atoms with van der Waals surface area (Å²) in [5.74, 6) is 0. The minimum Gasteiger partial charge on any atom is -0.350 e. The average Bonchev–Trinajstić information content (AvgIpc) is 2.25. The molecule has 3 nitrogen and oxygen atoms in total. The second-order valence-corrected chi connectivity index (χ2v) is 4.78. The van der Waals surface area contributed by atoms with Crippen LogP contribution in [0.2, 0.25) is 0 Å². The van der Waals surface area contributed by atoms with Gasteiger partial charge >= 0.3 is 0 Å². The van der Waals surface area contributed by atoms with Crippen LogP contribution in [-0.2, 0) is 6.54 Å². The molecule has 80 valence electrons. The summed E-state index contributed by atoms with van der Waals surface area (Å²) < 4.78 is 1.11. The van der Waals surface area contributed by atoms with Crippen molar-refractivity contribution in [3.8, 4) is 0 Å². The van der Waals surface area contributed by atoms with Gasteiger partial charge in [-0.2, -0.15) is 0 Å². The number of halogens is 1. The van der Waals surface area contributed by atoms with Gasteiger partial charge in [-0.05, 0) is 29.9 Å². The van der Waals surface area contributed by atoms with Gasteiger partial charge in [0.25, 0.3) is 0 Å². The highest BCUT2D eigenvalue weighted by Crippen LogP contribution is 2.12. The summed E-state index contributed by atoms with van der Waals surface area (Å²) in [5.41, 5.74) is 1.30. The quantitative estimate of drug-likeness (QED) is 0.808. The Kier molecular flexibility index (Phi) is 3.56. The number of hydrogen-bond donors (Lipinski definition) is 2. The minimum atomic E-state index is 0.738. The average molecular weight is 286 g/mol. The fourth-order valence-electron chi connectivity index (χ4n) is 1.45. The molecule has 1 saturated heterocycles. The third-order valence-corrected chi connectivity index (χ3v) is 3.06. The minimum absolute atomic E-state index is 0.738. The van der Waals surface area contributed by atoms with Crippen molar-refractivity contribution in [2.24, 2.45) is 0 Å². The molecule has 1 aromatic carbocycles. The van der Waals surface area contributed by atoms with Gasteiger partial charge in [0, 0.05) is 11.0 Å². The van der Waals surface area contributed by atoms with Crippen LogP contribution in [-0.4, -0.2) is 23.3 Å². The van der Waals surface area contributed by atoms with Crippen LogP contribution in [0.5, 0.6) is 0 Å². The zero-order valence-electron chi connectivity index (χ0n) is 8.16. The largest absolute Gasteiger partial charge is 0.350 e. The first-order valence-corrected chi connectivity index (χ1v) is 5.93. The Morgan fingerprint density at radius 3 is 2.40 bits per heavy atom. The van der Waals surface area contributed by atoms with Crippen LogP contribution >= 0.6 is 28.1 Å². The molecule has 0 radical (unpaired) electrons. The van der Waals surface area contributed by atoms with E-state index in [2.05, 4.69) is 55.7 Å². The SMILES string of the molecule is S=C1NCN(Cc2ccc(Br)cc2)CN1. The van der Waals surface area contributed by atoms with Gasteiger partial charge in [0.05, 0.1) is 13.3 Å². The lowest BCUT2D eigenvalue weighted by Crippen LogP contribution is -2.53. The molecule has 0 aliphatic carbocycles. The molecule has 1 heterocycles. The molecular formula is C10H12BrN3S. The Morgan fingerprint density at radius 1 is 1.20 bits per heavy atom. The monoisotopic (exact) mass is 285 g/mol. The van der Waals surface area contributed by atoms with Crippen molar-refractivity contribution in [3.63, 3.8) is 0 Å². The zero-order chi connectivity index (χ0) is 10.7. The van der Waals surface area contributed by atoms with Crippen LogP contribution < -0.4 is 10.6 Å². The van der Waals surface area contributed by atoms with Gasteiger partial charge in [-0.1, -0.05) is 28.1 Å². The van der Waals surface area contributed by atoms with Gasteiger partial charge in [0.2, 0.25) is 0 Å². The predicted molar refractivity (Wildman–Crippen MR) is 68.3 cm³/mol. The number of benzene rings is 1. The maximum atomic E-state index is 4.99. The topological polar surface area (TPSA) is 27.3 Å². The molecule has 1 aliphatic heterocycles. The van der Waals surface area contributed by atoms with Crippen LogP contribution in [0.25, 0.3) is 0 Å². The first kappa shape index (κ1) is 10.9. The normalized spacial score (nSPS) is 17.0. The fourth-order valence-corrected chi connectivity index (χ4v) is 1.84. The molecule has 0 spiro atoms. The maximum absolute atomic E-state index is 4.99. The standard InChI is InChI=1S/C10H12BrN3S/c11-9-3-1-8(2-4-9)5-14-6-12-10(15)13-7-14/h1-4H,5-7H2,(H2,12,13,15). The lowest BCUT2D eigenvalue weighted by molar-refractivity contribution is 0.236. The van der Waals surface area contributed by atoms with Crippen molar-refractivity contribution in [1.29, 1.82) is 0 Å². The molecule has 0 aromatic heterocycles. The number of thiocarbonyl (C=S) groups is 1. The van der Waals surface area contributed by atoms with Crippen molar-refractivity contribution in [2.45, 2.75) is 6.54 Å². The molecule has 5 heteroatoms. The van der Waals surface area contributed by atoms with Crippen LogP contribution in [0.15, 0.2) is 28.7 Å². The van der Waals surface area contributed by atoms with Crippen LogP contribution in [0.1, 0.15) is 5.56 Å². The van der Waals surface area contributed by atoms with Crippen molar-refractivity contribution in [3.05, 3.63) is 34.3 Å². The molecule has 15 heavy (non-hydrogen) atoms. The predicted octanol–water partition coefficient (Wildman–Crippen LogP) is 1.64. The van der Waals surface area contributed by atoms with E-state index in [9.17, 15) is 0 Å². The third-order valence-electron chi connectivity index (χ3n) is 2.25. The van der Waals surface area contributed by atoms with Gasteiger partial charge in [0.1, 0.15) is 0 Å². The van der Waals surface area contributed by atoms with E-state index in [1.54, 1.807) is 0 Å². The highest BCUT2D eigenvalue weighted by atomic mass is 79.9. The highest BCUT2D eigenvalue weighted by Gasteiger charge is 2.11. The number of rotatable bonds is 2. The van der Waals surface area contributed by atoms with Gasteiger partial charge in [-0.25, -0.2) is 0 Å². The summed E-state index contributed by atoms with van der Waals surface area (Å²) in [4.78, 5) is 2.25. The molecule has 0 atom stereocenters. The molecular weight excluding hydrogens is 274 g/mol.